The first kappa shape index (κ1) is 18.7. The molecule has 0 bridgehead atoms. The quantitative estimate of drug-likeness (QED) is 0.697. The van der Waals surface area contributed by atoms with Gasteiger partial charge in [0.05, 0.1) is 0 Å². The van der Waals surface area contributed by atoms with Crippen molar-refractivity contribution in [3.63, 3.8) is 0 Å². The van der Waals surface area contributed by atoms with Crippen molar-refractivity contribution in [2.75, 3.05) is 26.7 Å². The van der Waals surface area contributed by atoms with Crippen LogP contribution in [0.2, 0.25) is 0 Å². The number of benzene rings is 2. The fourth-order valence-corrected chi connectivity index (χ4v) is 4.16. The Morgan fingerprint density at radius 1 is 0.964 bits per heavy atom. The zero-order chi connectivity index (χ0) is 19.5. The van der Waals surface area contributed by atoms with Crippen LogP contribution in [0.4, 0.5) is 4.79 Å². The van der Waals surface area contributed by atoms with Crippen LogP contribution in [0.3, 0.4) is 0 Å². The molecule has 3 amide bonds. The summed E-state index contributed by atoms with van der Waals surface area (Å²) in [6.07, 6.45) is 2.73. The lowest BCUT2D eigenvalue weighted by Crippen LogP contribution is -2.40. The van der Waals surface area contributed by atoms with E-state index in [-0.39, 0.29) is 18.0 Å². The van der Waals surface area contributed by atoms with Crippen molar-refractivity contribution in [2.45, 2.75) is 31.8 Å². The van der Waals surface area contributed by atoms with Gasteiger partial charge in [0.2, 0.25) is 0 Å². The van der Waals surface area contributed by atoms with Crippen LogP contribution < -0.4 is 0 Å². The number of fused-ring (bicyclic) bond motifs is 2. The van der Waals surface area contributed by atoms with Gasteiger partial charge in [0.15, 0.2) is 0 Å². The molecule has 1 fully saturated rings. The molecule has 0 spiro atoms. The minimum Gasteiger partial charge on any atom is -0.308 e. The molecule has 2 heterocycles. The number of urea groups is 1. The summed E-state index contributed by atoms with van der Waals surface area (Å²) >= 11 is 0. The molecule has 0 saturated carbocycles. The second-order valence-electron chi connectivity index (χ2n) is 7.78. The molecule has 0 radical (unpaired) electrons. The molecule has 0 aromatic heterocycles. The van der Waals surface area contributed by atoms with Crippen LogP contribution in [0, 0.1) is 0 Å². The number of likely N-dealkylation sites (N-methyl/N-ethyl adjacent to an activating group) is 1. The van der Waals surface area contributed by atoms with Gasteiger partial charge in [-0.25, -0.2) is 4.79 Å². The Hall–Kier alpha value is -2.66. The van der Waals surface area contributed by atoms with E-state index >= 15 is 0 Å². The number of imide groups is 1. The lowest BCUT2D eigenvalue weighted by atomic mass is 9.95. The van der Waals surface area contributed by atoms with Crippen molar-refractivity contribution < 1.29 is 9.59 Å². The Kier molecular flexibility index (Phi) is 5.44. The van der Waals surface area contributed by atoms with Crippen molar-refractivity contribution in [2.24, 2.45) is 0 Å². The normalized spacial score (nSPS) is 18.6. The third kappa shape index (κ3) is 3.80. The molecule has 5 heteroatoms. The van der Waals surface area contributed by atoms with E-state index in [1.54, 1.807) is 4.90 Å². The maximum atomic E-state index is 12.8. The van der Waals surface area contributed by atoms with Gasteiger partial charge in [0.1, 0.15) is 6.04 Å². The number of rotatable bonds is 7. The highest BCUT2D eigenvalue weighted by Crippen LogP contribution is 2.29. The summed E-state index contributed by atoms with van der Waals surface area (Å²) in [5.74, 6) is -0.0443. The zero-order valence-electron chi connectivity index (χ0n) is 16.4. The number of carbonyl (C=O) groups excluding carboxylic acids is 2. The number of hydrogen-bond acceptors (Lipinski definition) is 3. The largest absolute Gasteiger partial charge is 0.327 e. The van der Waals surface area contributed by atoms with E-state index in [2.05, 4.69) is 42.3 Å². The molecular weight excluding hydrogens is 350 g/mol. The van der Waals surface area contributed by atoms with E-state index in [1.165, 1.54) is 16.0 Å². The first-order chi connectivity index (χ1) is 13.6. The highest BCUT2D eigenvalue weighted by Gasteiger charge is 2.46. The molecule has 146 valence electrons. The van der Waals surface area contributed by atoms with E-state index in [9.17, 15) is 9.59 Å². The summed E-state index contributed by atoms with van der Waals surface area (Å²) in [5.41, 5.74) is 3.68. The molecule has 2 aromatic rings. The van der Waals surface area contributed by atoms with Gasteiger partial charge in [0.25, 0.3) is 5.91 Å². The monoisotopic (exact) mass is 377 g/mol. The van der Waals surface area contributed by atoms with Gasteiger partial charge in [-0.05, 0) is 43.1 Å². The van der Waals surface area contributed by atoms with E-state index in [4.69, 9.17) is 0 Å². The maximum absolute atomic E-state index is 12.8. The van der Waals surface area contributed by atoms with Crippen LogP contribution >= 0.6 is 0 Å². The van der Waals surface area contributed by atoms with Crippen LogP contribution in [-0.2, 0) is 24.2 Å². The molecular formula is C23H27N3O2. The molecule has 0 unspecified atom stereocenters. The first-order valence-corrected chi connectivity index (χ1v) is 10.0. The van der Waals surface area contributed by atoms with Crippen LogP contribution in [-0.4, -0.2) is 59.4 Å². The Morgan fingerprint density at radius 3 is 2.46 bits per heavy atom. The number of hydrogen-bond donors (Lipinski definition) is 0. The van der Waals surface area contributed by atoms with E-state index in [0.717, 1.165) is 24.9 Å². The van der Waals surface area contributed by atoms with Gasteiger partial charge in [-0.2, -0.15) is 0 Å². The Bertz CT molecular complexity index is 809. The predicted octanol–water partition coefficient (Wildman–Crippen LogP) is 2.94. The lowest BCUT2D eigenvalue weighted by molar-refractivity contribution is -0.128. The number of aryl methyl sites for hydroxylation is 1. The van der Waals surface area contributed by atoms with Gasteiger partial charge in [-0.1, -0.05) is 54.6 Å². The van der Waals surface area contributed by atoms with Crippen molar-refractivity contribution >= 4 is 11.9 Å². The molecule has 2 aliphatic heterocycles. The predicted molar refractivity (Wildman–Crippen MR) is 109 cm³/mol. The molecule has 4 rings (SSSR count). The molecule has 0 N–H and O–H groups in total. The van der Waals surface area contributed by atoms with E-state index in [1.807, 2.05) is 24.3 Å². The Labute approximate surface area is 166 Å². The van der Waals surface area contributed by atoms with Crippen molar-refractivity contribution in [3.8, 4) is 0 Å². The van der Waals surface area contributed by atoms with Crippen LogP contribution in [0.1, 0.15) is 23.1 Å². The second kappa shape index (κ2) is 8.15. The van der Waals surface area contributed by atoms with E-state index < -0.39 is 0 Å². The third-order valence-corrected chi connectivity index (χ3v) is 5.83. The van der Waals surface area contributed by atoms with Crippen molar-refractivity contribution in [3.05, 3.63) is 71.3 Å². The molecule has 1 saturated heterocycles. The van der Waals surface area contributed by atoms with Gasteiger partial charge in [0, 0.05) is 26.1 Å². The van der Waals surface area contributed by atoms with E-state index in [0.29, 0.717) is 26.1 Å². The van der Waals surface area contributed by atoms with Gasteiger partial charge in [-0.3, -0.25) is 9.69 Å². The van der Waals surface area contributed by atoms with Crippen molar-refractivity contribution in [1.82, 2.24) is 14.7 Å². The number of carbonyl (C=O) groups is 2. The summed E-state index contributed by atoms with van der Waals surface area (Å²) in [7, 11) is 2.05. The van der Waals surface area contributed by atoms with Crippen LogP contribution in [0.15, 0.2) is 54.6 Å². The smallest absolute Gasteiger partial charge is 0.308 e. The first-order valence-electron chi connectivity index (χ1n) is 10.0. The summed E-state index contributed by atoms with van der Waals surface area (Å²) in [6, 6.07) is 18.1. The SMILES string of the molecule is CN(CCCc1ccccc1)CCN1C(=O)[C@@H]2Cc3ccccc3CN2C1=O. The summed E-state index contributed by atoms with van der Waals surface area (Å²) in [4.78, 5) is 31.0. The maximum Gasteiger partial charge on any atom is 0.327 e. The topological polar surface area (TPSA) is 43.9 Å². The van der Waals surface area contributed by atoms with Crippen LogP contribution in [0.25, 0.3) is 0 Å². The van der Waals surface area contributed by atoms with Crippen molar-refractivity contribution in [1.29, 1.82) is 0 Å². The minimum atomic E-state index is -0.328. The number of amides is 3. The lowest BCUT2D eigenvalue weighted by Gasteiger charge is -2.28. The van der Waals surface area contributed by atoms with Gasteiger partial charge >= 0.3 is 6.03 Å². The highest BCUT2D eigenvalue weighted by molar-refractivity contribution is 6.04. The molecule has 5 nitrogen and oxygen atoms in total. The fraction of sp³-hybridized carbons (Fsp3) is 0.391. The molecule has 28 heavy (non-hydrogen) atoms. The summed E-state index contributed by atoms with van der Waals surface area (Å²) < 4.78 is 0. The standard InChI is InChI=1S/C23H27N3O2/c1-24(13-7-10-18-8-3-2-4-9-18)14-15-25-22(27)21-16-19-11-5-6-12-20(19)17-26(21)23(25)28/h2-6,8-9,11-12,21H,7,10,13-17H2,1H3/t21-/m0/s1. The molecule has 0 aliphatic carbocycles. The average Bonchev–Trinajstić information content (AvgIpc) is 2.95. The molecule has 2 aliphatic rings. The van der Waals surface area contributed by atoms with Crippen LogP contribution in [0.5, 0.6) is 0 Å². The summed E-state index contributed by atoms with van der Waals surface area (Å²) in [5, 5.41) is 0. The fourth-order valence-electron chi connectivity index (χ4n) is 4.16. The summed E-state index contributed by atoms with van der Waals surface area (Å²) in [6.45, 7) is 2.65. The highest BCUT2D eigenvalue weighted by atomic mass is 16.2. The minimum absolute atomic E-state index is 0.0443. The molecule has 1 atom stereocenters. The van der Waals surface area contributed by atoms with Gasteiger partial charge in [-0.15, -0.1) is 0 Å². The Balaban J connectivity index is 1.28. The third-order valence-electron chi connectivity index (χ3n) is 5.83. The number of nitrogens with zero attached hydrogens (tertiary/aromatic N) is 3. The average molecular weight is 377 g/mol. The second-order valence-corrected chi connectivity index (χ2v) is 7.78. The van der Waals surface area contributed by atoms with Gasteiger partial charge < -0.3 is 9.80 Å². The molecule has 2 aromatic carbocycles. The Morgan fingerprint density at radius 2 is 1.68 bits per heavy atom. The zero-order valence-corrected chi connectivity index (χ0v) is 16.4.